The second kappa shape index (κ2) is 5.03. The van der Waals surface area contributed by atoms with Crippen molar-refractivity contribution < 1.29 is 9.63 Å². The molecule has 4 nitrogen and oxygen atoms in total. The fourth-order valence-corrected chi connectivity index (χ4v) is 0.995. The number of nitrogens with zero attached hydrogens (tertiary/aromatic N) is 1. The van der Waals surface area contributed by atoms with Crippen LogP contribution < -0.4 is 5.32 Å². The topological polar surface area (TPSA) is 41.6 Å². The van der Waals surface area contributed by atoms with Gasteiger partial charge >= 0.3 is 6.03 Å². The van der Waals surface area contributed by atoms with Gasteiger partial charge in [-0.25, -0.2) is 9.86 Å². The van der Waals surface area contributed by atoms with E-state index in [9.17, 15) is 4.79 Å². The Bertz CT molecular complexity index is 396. The van der Waals surface area contributed by atoms with Gasteiger partial charge in [0.25, 0.3) is 0 Å². The van der Waals surface area contributed by atoms with E-state index in [0.29, 0.717) is 11.3 Å². The third-order valence-electron chi connectivity index (χ3n) is 1.88. The van der Waals surface area contributed by atoms with Gasteiger partial charge in [-0.2, -0.15) is 0 Å². The molecule has 1 aromatic carbocycles. The van der Waals surface area contributed by atoms with Gasteiger partial charge in [0.05, 0.1) is 12.8 Å². The molecule has 0 radical (unpaired) electrons. The molecule has 1 rings (SSSR count). The molecule has 0 aromatic heterocycles. The Morgan fingerprint density at radius 1 is 1.53 bits per heavy atom. The summed E-state index contributed by atoms with van der Waals surface area (Å²) in [5, 5.41) is 3.71. The Morgan fingerprint density at radius 2 is 2.20 bits per heavy atom. The zero-order chi connectivity index (χ0) is 11.3. The third kappa shape index (κ3) is 2.73. The third-order valence-corrected chi connectivity index (χ3v) is 1.88. The van der Waals surface area contributed by atoms with Gasteiger partial charge in [-0.05, 0) is 12.1 Å². The SMILES string of the molecule is C#Cc1ccccc1NC(=O)N(C)OC. The number of anilines is 1. The van der Waals surface area contributed by atoms with Crippen LogP contribution in [0.15, 0.2) is 24.3 Å². The summed E-state index contributed by atoms with van der Waals surface area (Å²) in [6.45, 7) is 0. The Morgan fingerprint density at radius 3 is 2.80 bits per heavy atom. The van der Waals surface area contributed by atoms with Crippen LogP contribution in [0.1, 0.15) is 5.56 Å². The second-order valence-corrected chi connectivity index (χ2v) is 2.80. The lowest BCUT2D eigenvalue weighted by molar-refractivity contribution is -0.0598. The summed E-state index contributed by atoms with van der Waals surface area (Å²) < 4.78 is 0. The number of amides is 2. The lowest BCUT2D eigenvalue weighted by atomic mass is 10.2. The summed E-state index contributed by atoms with van der Waals surface area (Å²) in [4.78, 5) is 16.2. The fraction of sp³-hybridized carbons (Fsp3) is 0.182. The normalized spacial score (nSPS) is 9.13. The molecule has 1 aromatic rings. The van der Waals surface area contributed by atoms with Crippen LogP contribution in [0.2, 0.25) is 0 Å². The zero-order valence-corrected chi connectivity index (χ0v) is 8.65. The highest BCUT2D eigenvalue weighted by atomic mass is 16.7. The van der Waals surface area contributed by atoms with Gasteiger partial charge in [0.15, 0.2) is 0 Å². The summed E-state index contributed by atoms with van der Waals surface area (Å²) in [5.74, 6) is 2.48. The fourth-order valence-electron chi connectivity index (χ4n) is 0.995. The Balaban J connectivity index is 2.81. The maximum atomic E-state index is 11.4. The predicted molar refractivity (Wildman–Crippen MR) is 58.2 cm³/mol. The molecular weight excluding hydrogens is 192 g/mol. The summed E-state index contributed by atoms with van der Waals surface area (Å²) >= 11 is 0. The van der Waals surface area contributed by atoms with Crippen LogP contribution in [0.3, 0.4) is 0 Å². The molecule has 0 saturated carbocycles. The largest absolute Gasteiger partial charge is 0.345 e. The van der Waals surface area contributed by atoms with E-state index < -0.39 is 0 Å². The van der Waals surface area contributed by atoms with Crippen molar-refractivity contribution in [2.75, 3.05) is 19.5 Å². The van der Waals surface area contributed by atoms with Gasteiger partial charge < -0.3 is 5.32 Å². The molecule has 0 unspecified atom stereocenters. The second-order valence-electron chi connectivity index (χ2n) is 2.80. The van der Waals surface area contributed by atoms with E-state index in [2.05, 4.69) is 11.2 Å². The van der Waals surface area contributed by atoms with Crippen molar-refractivity contribution in [2.45, 2.75) is 0 Å². The highest BCUT2D eigenvalue weighted by molar-refractivity contribution is 5.90. The average Bonchev–Trinajstić information content (AvgIpc) is 2.28. The lowest BCUT2D eigenvalue weighted by Crippen LogP contribution is -2.30. The first-order chi connectivity index (χ1) is 7.19. The van der Waals surface area contributed by atoms with Crippen LogP contribution >= 0.6 is 0 Å². The van der Waals surface area contributed by atoms with E-state index in [-0.39, 0.29) is 6.03 Å². The molecule has 0 bridgehead atoms. The maximum Gasteiger partial charge on any atom is 0.345 e. The molecule has 0 aliphatic carbocycles. The maximum absolute atomic E-state index is 11.4. The monoisotopic (exact) mass is 204 g/mol. The van der Waals surface area contributed by atoms with E-state index in [1.807, 2.05) is 6.07 Å². The number of carbonyl (C=O) groups is 1. The van der Waals surface area contributed by atoms with Crippen molar-refractivity contribution in [2.24, 2.45) is 0 Å². The first-order valence-corrected chi connectivity index (χ1v) is 4.33. The van der Waals surface area contributed by atoms with Gasteiger partial charge in [0, 0.05) is 12.6 Å². The Hall–Kier alpha value is -1.99. The molecule has 4 heteroatoms. The Kier molecular flexibility index (Phi) is 3.72. The molecule has 0 saturated heterocycles. The standard InChI is InChI=1S/C11H12N2O2/c1-4-9-7-5-6-8-10(9)12-11(14)13(2)15-3/h1,5-8H,2-3H3,(H,12,14). The summed E-state index contributed by atoms with van der Waals surface area (Å²) in [6.07, 6.45) is 5.29. The van der Waals surface area contributed by atoms with Crippen molar-refractivity contribution >= 4 is 11.7 Å². The van der Waals surface area contributed by atoms with E-state index in [0.717, 1.165) is 5.06 Å². The number of carbonyl (C=O) groups excluding carboxylic acids is 1. The van der Waals surface area contributed by atoms with Crippen molar-refractivity contribution in [1.29, 1.82) is 0 Å². The van der Waals surface area contributed by atoms with Gasteiger partial charge in [-0.15, -0.1) is 6.42 Å². The van der Waals surface area contributed by atoms with Crippen molar-refractivity contribution in [3.8, 4) is 12.3 Å². The quantitative estimate of drug-likeness (QED) is 0.588. The minimum atomic E-state index is -0.375. The van der Waals surface area contributed by atoms with Gasteiger partial charge in [-0.1, -0.05) is 18.1 Å². The minimum Gasteiger partial charge on any atom is -0.305 e. The molecule has 0 fully saturated rings. The molecule has 2 amide bonds. The molecule has 15 heavy (non-hydrogen) atoms. The smallest absolute Gasteiger partial charge is 0.305 e. The molecule has 0 atom stereocenters. The molecule has 0 heterocycles. The molecule has 0 spiro atoms. The van der Waals surface area contributed by atoms with E-state index in [1.54, 1.807) is 18.2 Å². The first kappa shape index (κ1) is 11.1. The van der Waals surface area contributed by atoms with Crippen LogP contribution in [0.4, 0.5) is 10.5 Å². The van der Waals surface area contributed by atoms with Crippen molar-refractivity contribution in [3.05, 3.63) is 29.8 Å². The summed E-state index contributed by atoms with van der Waals surface area (Å²) in [5.41, 5.74) is 1.23. The number of hydrogen-bond donors (Lipinski definition) is 1. The van der Waals surface area contributed by atoms with Gasteiger partial charge in [0.1, 0.15) is 0 Å². The number of para-hydroxylation sites is 1. The number of hydrogen-bond acceptors (Lipinski definition) is 2. The van der Waals surface area contributed by atoms with Crippen LogP contribution in [0, 0.1) is 12.3 Å². The number of hydroxylamine groups is 2. The Labute approximate surface area is 88.8 Å². The van der Waals surface area contributed by atoms with Crippen LogP contribution in [0.25, 0.3) is 0 Å². The number of terminal acetylenes is 1. The predicted octanol–water partition coefficient (Wildman–Crippen LogP) is 1.69. The number of rotatable bonds is 2. The van der Waals surface area contributed by atoms with E-state index >= 15 is 0 Å². The molecule has 1 N–H and O–H groups in total. The lowest BCUT2D eigenvalue weighted by Gasteiger charge is -2.15. The summed E-state index contributed by atoms with van der Waals surface area (Å²) in [7, 11) is 2.92. The van der Waals surface area contributed by atoms with Gasteiger partial charge in [-0.3, -0.25) is 4.84 Å². The molecular formula is C11H12N2O2. The number of benzene rings is 1. The molecule has 0 aliphatic heterocycles. The van der Waals surface area contributed by atoms with Crippen LogP contribution in [0.5, 0.6) is 0 Å². The molecule has 78 valence electrons. The highest BCUT2D eigenvalue weighted by Crippen LogP contribution is 2.13. The van der Waals surface area contributed by atoms with E-state index in [1.165, 1.54) is 14.2 Å². The average molecular weight is 204 g/mol. The van der Waals surface area contributed by atoms with Crippen molar-refractivity contribution in [1.82, 2.24) is 5.06 Å². The highest BCUT2D eigenvalue weighted by Gasteiger charge is 2.08. The zero-order valence-electron chi connectivity index (χ0n) is 8.65. The van der Waals surface area contributed by atoms with Crippen LogP contribution in [-0.2, 0) is 4.84 Å². The number of urea groups is 1. The first-order valence-electron chi connectivity index (χ1n) is 4.33. The van der Waals surface area contributed by atoms with Crippen LogP contribution in [-0.4, -0.2) is 25.3 Å². The van der Waals surface area contributed by atoms with Gasteiger partial charge in [0.2, 0.25) is 0 Å². The molecule has 0 aliphatic rings. The minimum absolute atomic E-state index is 0.375. The number of nitrogens with one attached hydrogen (secondary N) is 1. The van der Waals surface area contributed by atoms with Crippen molar-refractivity contribution in [3.63, 3.8) is 0 Å². The van der Waals surface area contributed by atoms with E-state index in [4.69, 9.17) is 11.3 Å². The summed E-state index contributed by atoms with van der Waals surface area (Å²) in [6, 6.07) is 6.72.